The molecule has 0 saturated heterocycles. The van der Waals surface area contributed by atoms with Crippen molar-refractivity contribution in [1.29, 1.82) is 0 Å². The first-order valence-corrected chi connectivity index (χ1v) is 16.3. The van der Waals surface area contributed by atoms with Gasteiger partial charge in [-0.1, -0.05) is 20.8 Å². The first-order chi connectivity index (χ1) is 18.2. The summed E-state index contributed by atoms with van der Waals surface area (Å²) in [7, 11) is -4.41. The van der Waals surface area contributed by atoms with E-state index < -0.39 is 34.0 Å². The smallest absolute Gasteiger partial charge is 0.748 e. The van der Waals surface area contributed by atoms with Crippen LogP contribution >= 0.6 is 0 Å². The number of amides is 2. The Balaban J connectivity index is 0.00000441. The van der Waals surface area contributed by atoms with Gasteiger partial charge in [0.1, 0.15) is 0 Å². The molecule has 0 spiro atoms. The van der Waals surface area contributed by atoms with Crippen molar-refractivity contribution in [3.8, 4) is 0 Å². The summed E-state index contributed by atoms with van der Waals surface area (Å²) in [5.74, 6) is -0.259. The van der Waals surface area contributed by atoms with Crippen LogP contribution in [0.2, 0.25) is 0 Å². The molecule has 4 aliphatic rings. The largest absolute Gasteiger partial charge is 1.00 e. The van der Waals surface area contributed by atoms with Crippen LogP contribution in [0.3, 0.4) is 0 Å². The fourth-order valence-electron chi connectivity index (χ4n) is 9.34. The Morgan fingerprint density at radius 1 is 1.00 bits per heavy atom. The minimum absolute atomic E-state index is 0. The second kappa shape index (κ2) is 13.2. The average Bonchev–Trinajstić information content (AvgIpc) is 3.20. The number of nitrogens with one attached hydrogen (secondary N) is 2. The summed E-state index contributed by atoms with van der Waals surface area (Å²) in [6, 6.07) is 0. The molecule has 0 aromatic carbocycles. The molecule has 0 unspecified atom stereocenters. The van der Waals surface area contributed by atoms with Crippen molar-refractivity contribution in [2.45, 2.75) is 96.9 Å². The van der Waals surface area contributed by atoms with E-state index in [4.69, 9.17) is 0 Å². The molecule has 0 aromatic heterocycles. The summed E-state index contributed by atoms with van der Waals surface area (Å²) in [4.78, 5) is 24.2. The van der Waals surface area contributed by atoms with E-state index in [0.29, 0.717) is 12.8 Å². The number of hydrogen-bond acceptors (Lipinski definition) is 8. The van der Waals surface area contributed by atoms with Gasteiger partial charge in [-0.05, 0) is 97.7 Å². The van der Waals surface area contributed by atoms with Crippen molar-refractivity contribution in [2.24, 2.45) is 46.3 Å². The minimum Gasteiger partial charge on any atom is -0.748 e. The maximum absolute atomic E-state index is 12.4. The standard InChI is InChI=1S/C28H48N2O8S.Na/c1-16(4-7-24(34)30-15-25(35)29-10-11-39(36,37)38)19-5-6-20-26-21(14-23(33)28(19,20)3)27(2)9-8-18(31)12-17(27)13-22(26)32;/h16-23,26,31-33H,4-15H2,1-3H3,(H,29,35)(H,30,34)(H,36,37,38);/q;+1/p-1/t16-,17-,18+,19+,20-,21-,22+,23-,26-,27-,28+;/m0./s1. The molecular formula is C28H47N2NaO8S. The fraction of sp³-hybridized carbons (Fsp3) is 0.929. The van der Waals surface area contributed by atoms with Crippen molar-refractivity contribution in [1.82, 2.24) is 10.6 Å². The van der Waals surface area contributed by atoms with Crippen LogP contribution in [0.5, 0.6) is 0 Å². The summed E-state index contributed by atoms with van der Waals surface area (Å²) in [6.07, 6.45) is 5.39. The molecule has 4 fully saturated rings. The fourth-order valence-corrected chi connectivity index (χ4v) is 9.69. The third kappa shape index (κ3) is 6.93. The van der Waals surface area contributed by atoms with Gasteiger partial charge in [-0.25, -0.2) is 8.42 Å². The molecule has 0 radical (unpaired) electrons. The molecular weight excluding hydrogens is 547 g/mol. The van der Waals surface area contributed by atoms with E-state index in [2.05, 4.69) is 31.4 Å². The Kier molecular flexibility index (Phi) is 11.3. The number of carbonyl (C=O) groups is 2. The third-order valence-corrected chi connectivity index (χ3v) is 12.2. The van der Waals surface area contributed by atoms with E-state index in [1.54, 1.807) is 0 Å². The summed E-state index contributed by atoms with van der Waals surface area (Å²) in [6.45, 7) is 6.05. The molecule has 11 atom stereocenters. The number of carbonyl (C=O) groups excluding carboxylic acids is 2. The van der Waals surface area contributed by atoms with Gasteiger partial charge >= 0.3 is 29.6 Å². The number of rotatable bonds is 9. The molecule has 0 aliphatic heterocycles. The van der Waals surface area contributed by atoms with Crippen LogP contribution < -0.4 is 40.2 Å². The Hall–Kier alpha value is -0.270. The third-order valence-electron chi connectivity index (χ3n) is 11.5. The van der Waals surface area contributed by atoms with Gasteiger partial charge in [0.05, 0.1) is 40.7 Å². The van der Waals surface area contributed by atoms with Crippen LogP contribution in [0, 0.1) is 46.3 Å². The Bertz CT molecular complexity index is 1030. The van der Waals surface area contributed by atoms with Gasteiger partial charge in [-0.3, -0.25) is 9.59 Å². The van der Waals surface area contributed by atoms with Crippen LogP contribution in [0.4, 0.5) is 0 Å². The van der Waals surface area contributed by atoms with Gasteiger partial charge in [-0.2, -0.15) is 0 Å². The van der Waals surface area contributed by atoms with Crippen LogP contribution in [-0.2, 0) is 19.7 Å². The van der Waals surface area contributed by atoms with Crippen molar-refractivity contribution < 1.29 is 67.4 Å². The zero-order valence-electron chi connectivity index (χ0n) is 24.5. The van der Waals surface area contributed by atoms with Crippen molar-refractivity contribution in [3.05, 3.63) is 0 Å². The predicted octanol–water partition coefficient (Wildman–Crippen LogP) is -1.85. The molecule has 5 N–H and O–H groups in total. The molecule has 10 nitrogen and oxygen atoms in total. The molecule has 4 aliphatic carbocycles. The summed E-state index contributed by atoms with van der Waals surface area (Å²) >= 11 is 0. The van der Waals surface area contributed by atoms with E-state index in [9.17, 15) is 37.9 Å². The van der Waals surface area contributed by atoms with Gasteiger partial charge in [0.15, 0.2) is 0 Å². The van der Waals surface area contributed by atoms with Gasteiger partial charge in [-0.15, -0.1) is 0 Å². The predicted molar refractivity (Wildman–Crippen MR) is 143 cm³/mol. The molecule has 40 heavy (non-hydrogen) atoms. The molecule has 0 aromatic rings. The Morgan fingerprint density at radius 2 is 1.70 bits per heavy atom. The van der Waals surface area contributed by atoms with E-state index in [0.717, 1.165) is 38.5 Å². The van der Waals surface area contributed by atoms with Crippen LogP contribution in [-0.4, -0.2) is 77.3 Å². The van der Waals surface area contributed by atoms with Crippen LogP contribution in [0.15, 0.2) is 0 Å². The normalized spacial score (nSPS) is 41.5. The zero-order chi connectivity index (χ0) is 28.8. The van der Waals surface area contributed by atoms with Gasteiger partial charge < -0.3 is 30.5 Å². The van der Waals surface area contributed by atoms with E-state index in [-0.39, 0.29) is 107 Å². The van der Waals surface area contributed by atoms with Crippen molar-refractivity contribution in [3.63, 3.8) is 0 Å². The van der Waals surface area contributed by atoms with Crippen molar-refractivity contribution in [2.75, 3.05) is 18.8 Å². The first-order valence-electron chi connectivity index (χ1n) is 14.7. The quantitative estimate of drug-likeness (QED) is 0.153. The summed E-state index contributed by atoms with van der Waals surface area (Å²) in [5.41, 5.74) is -0.306. The Labute approximate surface area is 260 Å². The van der Waals surface area contributed by atoms with Gasteiger partial charge in [0.25, 0.3) is 0 Å². The summed E-state index contributed by atoms with van der Waals surface area (Å²) < 4.78 is 31.9. The summed E-state index contributed by atoms with van der Waals surface area (Å²) in [5, 5.41) is 38.2. The van der Waals surface area contributed by atoms with E-state index in [1.807, 2.05) is 0 Å². The van der Waals surface area contributed by atoms with Gasteiger partial charge in [0.2, 0.25) is 11.8 Å². The van der Waals surface area contributed by atoms with Crippen LogP contribution in [0.25, 0.3) is 0 Å². The SMILES string of the molecule is C[C@@H](CCC(=O)NCC(=O)NCCS(=O)(=O)[O-])[C@H]1CC[C@H]2[C@@H]3[C@H](O)C[C@@H]4C[C@H](O)CC[C@]4(C)[C@H]3C[C@H](O)[C@]12C.[Na+]. The molecule has 4 saturated carbocycles. The number of aliphatic hydroxyl groups excluding tert-OH is 3. The molecule has 4 rings (SSSR count). The number of aliphatic hydroxyl groups is 3. The van der Waals surface area contributed by atoms with Crippen molar-refractivity contribution >= 4 is 21.9 Å². The monoisotopic (exact) mass is 594 g/mol. The van der Waals surface area contributed by atoms with Gasteiger partial charge in [0, 0.05) is 13.0 Å². The maximum atomic E-state index is 12.4. The first kappa shape index (κ1) is 34.2. The zero-order valence-corrected chi connectivity index (χ0v) is 27.3. The molecule has 2 amide bonds. The molecule has 224 valence electrons. The minimum atomic E-state index is -4.41. The maximum Gasteiger partial charge on any atom is 1.00 e. The van der Waals surface area contributed by atoms with E-state index in [1.165, 1.54) is 0 Å². The Morgan fingerprint density at radius 3 is 2.38 bits per heavy atom. The van der Waals surface area contributed by atoms with Crippen LogP contribution in [0.1, 0.15) is 78.6 Å². The molecule has 12 heteroatoms. The second-order valence-electron chi connectivity index (χ2n) is 13.4. The average molecular weight is 595 g/mol. The molecule has 0 bridgehead atoms. The number of hydrogen-bond donors (Lipinski definition) is 5. The topological polar surface area (TPSA) is 176 Å². The molecule has 0 heterocycles. The second-order valence-corrected chi connectivity index (χ2v) is 15.0. The number of fused-ring (bicyclic) bond motifs is 5. The van der Waals surface area contributed by atoms with E-state index >= 15 is 0 Å².